The van der Waals surface area contributed by atoms with E-state index in [1.807, 2.05) is 51.1 Å². The maximum absolute atomic E-state index is 14.2. The molecule has 0 aromatic heterocycles. The van der Waals surface area contributed by atoms with E-state index in [1.165, 1.54) is 6.08 Å². The van der Waals surface area contributed by atoms with E-state index in [0.29, 0.717) is 6.42 Å². The van der Waals surface area contributed by atoms with Crippen molar-refractivity contribution in [2.75, 3.05) is 0 Å². The van der Waals surface area contributed by atoms with E-state index in [-0.39, 0.29) is 35.4 Å². The quantitative estimate of drug-likeness (QED) is 0.451. The minimum absolute atomic E-state index is 0.122. The summed E-state index contributed by atoms with van der Waals surface area (Å²) >= 11 is 0. The third-order valence-electron chi connectivity index (χ3n) is 10.7. The second kappa shape index (κ2) is 7.74. The Morgan fingerprint density at radius 1 is 1.09 bits per heavy atom. The molecule has 1 aromatic carbocycles. The van der Waals surface area contributed by atoms with Gasteiger partial charge in [0.15, 0.2) is 5.78 Å². The van der Waals surface area contributed by atoms with Crippen LogP contribution in [0.2, 0.25) is 0 Å². The lowest BCUT2D eigenvalue weighted by atomic mass is 9.32. The van der Waals surface area contributed by atoms with Crippen molar-refractivity contribution >= 4 is 17.8 Å². The summed E-state index contributed by atoms with van der Waals surface area (Å²) in [4.78, 5) is 27.1. The summed E-state index contributed by atoms with van der Waals surface area (Å²) < 4.78 is 6.03. The zero-order valence-corrected chi connectivity index (χ0v) is 21.3. The van der Waals surface area contributed by atoms with E-state index in [1.54, 1.807) is 6.08 Å². The van der Waals surface area contributed by atoms with Crippen LogP contribution >= 0.6 is 0 Å². The van der Waals surface area contributed by atoms with Crippen molar-refractivity contribution in [3.05, 3.63) is 42.0 Å². The molecule has 0 heterocycles. The summed E-state index contributed by atoms with van der Waals surface area (Å²) in [5.41, 5.74) is -3.16. The molecule has 3 N–H and O–H groups in total. The normalized spacial score (nSPS) is 48.0. The Balaban J connectivity index is 1.49. The molecule has 0 radical (unpaired) electrons. The standard InChI is InChI=1S/C29H38O6/c1-16-15-29(34)21(22(16)31)23(32)27(4)14-13-18-20(28(27,5)25(29)33)24(26(18,2)3)35-19(30)12-11-17-9-7-6-8-10-17/h6-12,16,18,20-24,31-32,34H,13-15H2,1-5H3/t16-,18+,20-,21-,22+,23+,24+,27-,28+,29-/m1/s1. The number of aliphatic hydroxyl groups excluding tert-OH is 2. The van der Waals surface area contributed by atoms with Gasteiger partial charge in [-0.05, 0) is 42.7 Å². The second-order valence-corrected chi connectivity index (χ2v) is 12.6. The SMILES string of the molecule is C[C@@H]1C[C@]2(O)C(=O)[C@]3(C)[C@@H]4[C@H](CC[C@]3(C)[C@@H](O)[C@H]2[C@H]1O)C(C)(C)[C@H]4OC(=O)C=Cc1ccccc1. The Kier molecular flexibility index (Phi) is 5.45. The Morgan fingerprint density at radius 2 is 1.74 bits per heavy atom. The first-order chi connectivity index (χ1) is 16.3. The zero-order valence-electron chi connectivity index (χ0n) is 21.3. The molecule has 4 fully saturated rings. The van der Waals surface area contributed by atoms with Gasteiger partial charge in [0.05, 0.1) is 12.2 Å². The number of hydrogen-bond acceptors (Lipinski definition) is 6. The topological polar surface area (TPSA) is 104 Å². The highest BCUT2D eigenvalue weighted by Gasteiger charge is 2.80. The molecule has 4 saturated carbocycles. The number of ether oxygens (including phenoxy) is 1. The van der Waals surface area contributed by atoms with Crippen LogP contribution in [0.25, 0.3) is 6.08 Å². The molecule has 6 heteroatoms. The van der Waals surface area contributed by atoms with Crippen LogP contribution in [0.4, 0.5) is 0 Å². The number of esters is 1. The van der Waals surface area contributed by atoms with Gasteiger partial charge in [0.2, 0.25) is 0 Å². The van der Waals surface area contributed by atoms with E-state index in [0.717, 1.165) is 12.0 Å². The number of Topliss-reactive ketones (excluding diaryl/α,β-unsaturated/α-hetero) is 1. The highest BCUT2D eigenvalue weighted by molar-refractivity contribution is 5.96. The second-order valence-electron chi connectivity index (χ2n) is 12.6. The van der Waals surface area contributed by atoms with Gasteiger partial charge in [0, 0.05) is 34.2 Å². The highest BCUT2D eigenvalue weighted by Crippen LogP contribution is 2.74. The minimum atomic E-state index is -1.78. The summed E-state index contributed by atoms with van der Waals surface area (Å²) in [5.74, 6) is -2.16. The van der Waals surface area contributed by atoms with Crippen molar-refractivity contribution in [1.82, 2.24) is 0 Å². The van der Waals surface area contributed by atoms with E-state index < -0.39 is 46.6 Å². The number of aliphatic hydroxyl groups is 3. The van der Waals surface area contributed by atoms with Crippen molar-refractivity contribution in [3.8, 4) is 0 Å². The average Bonchev–Trinajstić information content (AvgIpc) is 3.05. The van der Waals surface area contributed by atoms with Gasteiger partial charge in [-0.25, -0.2) is 4.79 Å². The molecule has 0 amide bonds. The van der Waals surface area contributed by atoms with Crippen LogP contribution in [0.1, 0.15) is 59.4 Å². The van der Waals surface area contributed by atoms with Gasteiger partial charge in [0.1, 0.15) is 11.7 Å². The smallest absolute Gasteiger partial charge is 0.331 e. The van der Waals surface area contributed by atoms with Crippen LogP contribution in [-0.4, -0.2) is 51.0 Å². The lowest BCUT2D eigenvalue weighted by molar-refractivity contribution is -0.296. The Labute approximate surface area is 207 Å². The van der Waals surface area contributed by atoms with Crippen LogP contribution in [-0.2, 0) is 14.3 Å². The van der Waals surface area contributed by atoms with E-state index >= 15 is 0 Å². The van der Waals surface area contributed by atoms with Crippen molar-refractivity contribution < 1.29 is 29.6 Å². The molecule has 0 bridgehead atoms. The number of fused-ring (bicyclic) bond motifs is 4. The van der Waals surface area contributed by atoms with Crippen LogP contribution in [0.5, 0.6) is 0 Å². The van der Waals surface area contributed by atoms with E-state index in [4.69, 9.17) is 4.74 Å². The average molecular weight is 483 g/mol. The molecular formula is C29H38O6. The summed E-state index contributed by atoms with van der Waals surface area (Å²) in [6, 6.07) is 9.50. The van der Waals surface area contributed by atoms with E-state index in [2.05, 4.69) is 13.8 Å². The first-order valence-corrected chi connectivity index (χ1v) is 12.9. The fourth-order valence-corrected chi connectivity index (χ4v) is 8.49. The van der Waals surface area contributed by atoms with Crippen LogP contribution < -0.4 is 0 Å². The van der Waals surface area contributed by atoms with Crippen molar-refractivity contribution in [2.45, 2.75) is 77.8 Å². The molecule has 190 valence electrons. The Morgan fingerprint density at radius 3 is 2.40 bits per heavy atom. The number of carbonyl (C=O) groups is 2. The summed E-state index contributed by atoms with van der Waals surface area (Å²) in [5, 5.41) is 34.1. The van der Waals surface area contributed by atoms with Gasteiger partial charge in [-0.1, -0.05) is 65.0 Å². The zero-order chi connectivity index (χ0) is 25.6. The number of ketones is 1. The number of carbonyl (C=O) groups excluding carboxylic acids is 2. The third-order valence-corrected chi connectivity index (χ3v) is 10.7. The van der Waals surface area contributed by atoms with Gasteiger partial charge in [-0.15, -0.1) is 0 Å². The van der Waals surface area contributed by atoms with E-state index in [9.17, 15) is 24.9 Å². The highest BCUT2D eigenvalue weighted by atomic mass is 16.5. The van der Waals surface area contributed by atoms with Crippen molar-refractivity contribution in [1.29, 1.82) is 0 Å². The van der Waals surface area contributed by atoms with Crippen molar-refractivity contribution in [2.24, 2.45) is 39.9 Å². The molecule has 0 spiro atoms. The predicted octanol–water partition coefficient (Wildman–Crippen LogP) is 3.38. The molecule has 0 saturated heterocycles. The third kappa shape index (κ3) is 3.06. The molecule has 4 aliphatic carbocycles. The first-order valence-electron chi connectivity index (χ1n) is 12.9. The molecule has 6 nitrogen and oxygen atoms in total. The van der Waals surface area contributed by atoms with Gasteiger partial charge in [-0.2, -0.15) is 0 Å². The van der Waals surface area contributed by atoms with Crippen LogP contribution in [0.3, 0.4) is 0 Å². The molecule has 0 unspecified atom stereocenters. The summed E-state index contributed by atoms with van der Waals surface area (Å²) in [7, 11) is 0. The number of benzene rings is 1. The number of rotatable bonds is 3. The first kappa shape index (κ1) is 24.7. The van der Waals surface area contributed by atoms with Gasteiger partial charge in [-0.3, -0.25) is 4.79 Å². The molecule has 10 atom stereocenters. The van der Waals surface area contributed by atoms with Gasteiger partial charge in [0.25, 0.3) is 0 Å². The monoisotopic (exact) mass is 482 g/mol. The predicted molar refractivity (Wildman–Crippen MR) is 131 cm³/mol. The van der Waals surface area contributed by atoms with Gasteiger partial charge < -0.3 is 20.1 Å². The molecular weight excluding hydrogens is 444 g/mol. The molecule has 0 aliphatic heterocycles. The Bertz CT molecular complexity index is 1060. The molecule has 1 aromatic rings. The minimum Gasteiger partial charge on any atom is -0.458 e. The fraction of sp³-hybridized carbons (Fsp3) is 0.655. The lowest BCUT2D eigenvalue weighted by Gasteiger charge is -2.72. The van der Waals surface area contributed by atoms with Crippen molar-refractivity contribution in [3.63, 3.8) is 0 Å². The van der Waals surface area contributed by atoms with Crippen LogP contribution in [0.15, 0.2) is 36.4 Å². The fourth-order valence-electron chi connectivity index (χ4n) is 8.49. The summed E-state index contributed by atoms with van der Waals surface area (Å²) in [6.07, 6.45) is 2.17. The molecule has 35 heavy (non-hydrogen) atoms. The maximum Gasteiger partial charge on any atom is 0.331 e. The van der Waals surface area contributed by atoms with Gasteiger partial charge >= 0.3 is 5.97 Å². The summed E-state index contributed by atoms with van der Waals surface area (Å²) in [6.45, 7) is 9.73. The van der Waals surface area contributed by atoms with Crippen LogP contribution in [0, 0.1) is 39.9 Å². The largest absolute Gasteiger partial charge is 0.458 e. The lowest BCUT2D eigenvalue weighted by Crippen LogP contribution is -2.79. The molecule has 4 aliphatic rings. The Hall–Kier alpha value is -2.02. The number of hydrogen-bond donors (Lipinski definition) is 3. The maximum atomic E-state index is 14.2. The molecule has 5 rings (SSSR count).